The molecule has 31 heavy (non-hydrogen) atoms. The van der Waals surface area contributed by atoms with E-state index >= 15 is 4.39 Å². The van der Waals surface area contributed by atoms with Crippen LogP contribution in [0.25, 0.3) is 55.3 Å². The number of pyridine rings is 2. The molecule has 0 unspecified atom stereocenters. The highest BCUT2D eigenvalue weighted by molar-refractivity contribution is 7.13. The minimum Gasteiger partial charge on any atom is -0.336 e. The number of imidazole rings is 1. The maximum Gasteiger partial charge on any atom is 0.177 e. The summed E-state index contributed by atoms with van der Waals surface area (Å²) >= 11 is 0.982. The number of thiophene rings is 1. The first kappa shape index (κ1) is 17.7. The number of hydrogen-bond donors (Lipinski definition) is 2. The Labute approximate surface area is 176 Å². The number of aromatic amines is 2. The quantitative estimate of drug-likeness (QED) is 0.430. The summed E-state index contributed by atoms with van der Waals surface area (Å²) in [6.45, 7) is 0. The molecule has 11 heteroatoms. The van der Waals surface area contributed by atoms with Gasteiger partial charge in [0.25, 0.3) is 0 Å². The van der Waals surface area contributed by atoms with Gasteiger partial charge < -0.3 is 4.98 Å². The summed E-state index contributed by atoms with van der Waals surface area (Å²) in [4.78, 5) is 24.8. The minimum atomic E-state index is -0.560. The van der Waals surface area contributed by atoms with Gasteiger partial charge in [0.05, 0.1) is 27.5 Å². The Balaban J connectivity index is 1.56. The average Bonchev–Trinajstić information content (AvgIpc) is 3.52. The van der Waals surface area contributed by atoms with Gasteiger partial charge in [-0.2, -0.15) is 9.49 Å². The molecule has 0 fully saturated rings. The van der Waals surface area contributed by atoms with Gasteiger partial charge in [0.2, 0.25) is 0 Å². The molecule has 0 aliphatic rings. The zero-order valence-corrected chi connectivity index (χ0v) is 16.3. The van der Waals surface area contributed by atoms with Gasteiger partial charge in [0, 0.05) is 24.2 Å². The minimum absolute atomic E-state index is 0.114. The monoisotopic (exact) mass is 432 g/mol. The third-order valence-electron chi connectivity index (χ3n) is 4.81. The Kier molecular flexibility index (Phi) is 3.83. The summed E-state index contributed by atoms with van der Waals surface area (Å²) in [6, 6.07) is 4.78. The van der Waals surface area contributed by atoms with Crippen molar-refractivity contribution in [2.75, 3.05) is 0 Å². The van der Waals surface area contributed by atoms with Crippen molar-refractivity contribution in [1.29, 1.82) is 0 Å². The fourth-order valence-corrected chi connectivity index (χ4v) is 4.17. The lowest BCUT2D eigenvalue weighted by Gasteiger charge is -2.03. The van der Waals surface area contributed by atoms with Crippen LogP contribution in [-0.4, -0.2) is 40.1 Å². The van der Waals surface area contributed by atoms with Crippen molar-refractivity contribution in [3.8, 4) is 33.3 Å². The number of nitrogens with one attached hydrogen (secondary N) is 2. The smallest absolute Gasteiger partial charge is 0.177 e. The molecular formula is C20H10F2N8S. The first-order valence-corrected chi connectivity index (χ1v) is 9.89. The van der Waals surface area contributed by atoms with Gasteiger partial charge in [-0.25, -0.2) is 19.3 Å². The van der Waals surface area contributed by atoms with Crippen LogP contribution < -0.4 is 0 Å². The molecule has 0 aliphatic heterocycles. The average molecular weight is 432 g/mol. The number of fused-ring (bicyclic) bond motifs is 2. The van der Waals surface area contributed by atoms with Gasteiger partial charge in [-0.05, 0) is 18.2 Å². The van der Waals surface area contributed by atoms with Crippen LogP contribution in [0.3, 0.4) is 0 Å². The molecule has 0 saturated carbocycles. The second-order valence-corrected chi connectivity index (χ2v) is 7.69. The van der Waals surface area contributed by atoms with Crippen molar-refractivity contribution in [2.45, 2.75) is 0 Å². The number of nitrogens with zero attached hydrogens (tertiary/aromatic N) is 6. The van der Waals surface area contributed by atoms with Crippen molar-refractivity contribution in [2.24, 2.45) is 0 Å². The van der Waals surface area contributed by atoms with Crippen molar-refractivity contribution < 1.29 is 8.78 Å². The summed E-state index contributed by atoms with van der Waals surface area (Å²) in [7, 11) is 0. The van der Waals surface area contributed by atoms with E-state index in [0.717, 1.165) is 11.3 Å². The second kappa shape index (κ2) is 6.71. The van der Waals surface area contributed by atoms with Gasteiger partial charge in [-0.1, -0.05) is 0 Å². The zero-order chi connectivity index (χ0) is 20.9. The highest BCUT2D eigenvalue weighted by Crippen LogP contribution is 2.34. The van der Waals surface area contributed by atoms with E-state index in [1.807, 2.05) is 0 Å². The van der Waals surface area contributed by atoms with Gasteiger partial charge in [0.1, 0.15) is 28.9 Å². The molecule has 0 aromatic carbocycles. The summed E-state index contributed by atoms with van der Waals surface area (Å²) in [6.07, 6.45) is 7.45. The molecule has 2 N–H and O–H groups in total. The van der Waals surface area contributed by atoms with Gasteiger partial charge >= 0.3 is 0 Å². The van der Waals surface area contributed by atoms with Crippen molar-refractivity contribution >= 4 is 33.3 Å². The summed E-state index contributed by atoms with van der Waals surface area (Å²) in [5.74, 6) is -0.205. The highest BCUT2D eigenvalue weighted by Gasteiger charge is 2.21. The largest absolute Gasteiger partial charge is 0.336 e. The van der Waals surface area contributed by atoms with Crippen LogP contribution in [0.5, 0.6) is 0 Å². The van der Waals surface area contributed by atoms with Crippen molar-refractivity contribution in [1.82, 2.24) is 40.1 Å². The highest BCUT2D eigenvalue weighted by atomic mass is 32.1. The molecule has 6 aromatic rings. The van der Waals surface area contributed by atoms with E-state index in [2.05, 4.69) is 40.1 Å². The Hall–Kier alpha value is -4.12. The van der Waals surface area contributed by atoms with Crippen LogP contribution in [0.1, 0.15) is 0 Å². The molecule has 0 aliphatic carbocycles. The van der Waals surface area contributed by atoms with Crippen molar-refractivity contribution in [3.63, 3.8) is 0 Å². The number of aromatic nitrogens is 8. The summed E-state index contributed by atoms with van der Waals surface area (Å²) < 4.78 is 29.0. The Bertz CT molecular complexity index is 1570. The van der Waals surface area contributed by atoms with Gasteiger partial charge in [-0.15, -0.1) is 11.3 Å². The first-order valence-electron chi connectivity index (χ1n) is 9.08. The fourth-order valence-electron chi connectivity index (χ4n) is 3.44. The molecule has 0 spiro atoms. The molecule has 6 aromatic heterocycles. The lowest BCUT2D eigenvalue weighted by Crippen LogP contribution is -1.93. The molecule has 150 valence electrons. The molecular weight excluding hydrogens is 422 g/mol. The second-order valence-electron chi connectivity index (χ2n) is 6.65. The van der Waals surface area contributed by atoms with E-state index in [1.165, 1.54) is 31.0 Å². The number of halogens is 2. The molecule has 6 rings (SSSR count). The topological polar surface area (TPSA) is 109 Å². The van der Waals surface area contributed by atoms with Crippen LogP contribution in [0.4, 0.5) is 8.78 Å². The van der Waals surface area contributed by atoms with Crippen LogP contribution >= 0.6 is 11.3 Å². The van der Waals surface area contributed by atoms with E-state index in [4.69, 9.17) is 0 Å². The summed E-state index contributed by atoms with van der Waals surface area (Å²) in [5.41, 5.74) is 3.05. The molecule has 0 amide bonds. The molecule has 6 heterocycles. The van der Waals surface area contributed by atoms with E-state index < -0.39 is 5.82 Å². The maximum atomic E-state index is 15.5. The third kappa shape index (κ3) is 2.78. The van der Waals surface area contributed by atoms with E-state index in [-0.39, 0.29) is 16.2 Å². The lowest BCUT2D eigenvalue weighted by molar-refractivity contribution is 0.638. The van der Waals surface area contributed by atoms with Crippen LogP contribution in [-0.2, 0) is 0 Å². The predicted octanol–water partition coefficient (Wildman–Crippen LogP) is 4.36. The maximum absolute atomic E-state index is 15.5. The van der Waals surface area contributed by atoms with Crippen LogP contribution in [0.15, 0.2) is 49.3 Å². The van der Waals surface area contributed by atoms with Crippen LogP contribution in [0.2, 0.25) is 0 Å². The Morgan fingerprint density at radius 1 is 0.871 bits per heavy atom. The predicted molar refractivity (Wildman–Crippen MR) is 111 cm³/mol. The van der Waals surface area contributed by atoms with Crippen LogP contribution in [0, 0.1) is 10.9 Å². The standard InChI is InChI=1S/C20H10F2N8S/c21-13-2-1-12(31-13)18-17-10(3-4-25-18)27-20(28-17)19-14-11(29-30-19)7-26-16(15(14)22)9-5-23-8-24-6-9/h1-8H,(H,27,28)(H,29,30). The Morgan fingerprint density at radius 3 is 2.55 bits per heavy atom. The SMILES string of the molecule is Fc1ccc(-c2nccc3[nH]c(-c4n[nH]c5cnc(-c6cncnc6)c(F)c45)nc23)s1. The molecule has 0 bridgehead atoms. The normalized spacial score (nSPS) is 11.5. The molecule has 8 nitrogen and oxygen atoms in total. The molecule has 0 saturated heterocycles. The summed E-state index contributed by atoms with van der Waals surface area (Å²) in [5, 5.41) is 6.98. The van der Waals surface area contributed by atoms with Gasteiger partial charge in [0.15, 0.2) is 16.8 Å². The third-order valence-corrected chi connectivity index (χ3v) is 5.69. The van der Waals surface area contributed by atoms with E-state index in [1.54, 1.807) is 18.3 Å². The van der Waals surface area contributed by atoms with Crippen molar-refractivity contribution in [3.05, 3.63) is 60.3 Å². The lowest BCUT2D eigenvalue weighted by atomic mass is 10.1. The zero-order valence-electron chi connectivity index (χ0n) is 15.5. The first-order chi connectivity index (χ1) is 15.2. The van der Waals surface area contributed by atoms with Gasteiger partial charge in [-0.3, -0.25) is 15.1 Å². The van der Waals surface area contributed by atoms with E-state index in [9.17, 15) is 4.39 Å². The number of rotatable bonds is 3. The van der Waals surface area contributed by atoms with E-state index in [0.29, 0.717) is 44.2 Å². The number of hydrogen-bond acceptors (Lipinski definition) is 7. The molecule has 0 atom stereocenters. The number of H-pyrrole nitrogens is 2. The fraction of sp³-hybridized carbons (Fsp3) is 0. The Morgan fingerprint density at radius 2 is 1.74 bits per heavy atom. The molecule has 0 radical (unpaired) electrons.